The highest BCUT2D eigenvalue weighted by atomic mass is 15.2. The Bertz CT molecular complexity index is 185. The molecule has 0 bridgehead atoms. The maximum Gasteiger partial charge on any atom is 0.0251 e. The summed E-state index contributed by atoms with van der Waals surface area (Å²) in [5, 5.41) is 0. The van der Waals surface area contributed by atoms with Crippen LogP contribution in [0.15, 0.2) is 0 Å². The molecule has 1 atom stereocenters. The first-order chi connectivity index (χ1) is 7.06. The van der Waals surface area contributed by atoms with Gasteiger partial charge in [0.05, 0.1) is 0 Å². The van der Waals surface area contributed by atoms with Gasteiger partial charge in [-0.05, 0) is 39.2 Å². The van der Waals surface area contributed by atoms with Crippen LogP contribution in [-0.4, -0.2) is 29.6 Å². The van der Waals surface area contributed by atoms with Crippen LogP contribution in [0.4, 0.5) is 0 Å². The van der Waals surface area contributed by atoms with E-state index < -0.39 is 0 Å². The zero-order chi connectivity index (χ0) is 11.5. The Morgan fingerprint density at radius 2 is 1.87 bits per heavy atom. The van der Waals surface area contributed by atoms with Crippen LogP contribution in [0, 0.1) is 5.92 Å². The second-order valence-electron chi connectivity index (χ2n) is 5.49. The molecule has 1 aliphatic heterocycles. The molecule has 0 aromatic carbocycles. The molecule has 1 rings (SSSR count). The second kappa shape index (κ2) is 5.31. The number of rotatable bonds is 5. The maximum atomic E-state index is 5.98. The second-order valence-corrected chi connectivity index (χ2v) is 5.49. The Labute approximate surface area is 95.2 Å². The molecule has 2 N–H and O–H groups in total. The van der Waals surface area contributed by atoms with Crippen LogP contribution in [0.5, 0.6) is 0 Å². The van der Waals surface area contributed by atoms with E-state index in [0.29, 0.717) is 11.6 Å². The van der Waals surface area contributed by atoms with Crippen LogP contribution in [0.25, 0.3) is 0 Å². The predicted molar refractivity (Wildman–Crippen MR) is 66.9 cm³/mol. The minimum Gasteiger partial charge on any atom is -0.329 e. The Kier molecular flexibility index (Phi) is 4.60. The van der Waals surface area contributed by atoms with Gasteiger partial charge in [0.15, 0.2) is 0 Å². The normalized spacial score (nSPS) is 23.6. The minimum absolute atomic E-state index is 0.368. The van der Waals surface area contributed by atoms with Crippen LogP contribution < -0.4 is 5.73 Å². The fraction of sp³-hybridized carbons (Fsp3) is 1.00. The molecule has 0 radical (unpaired) electrons. The summed E-state index contributed by atoms with van der Waals surface area (Å²) in [5.74, 6) is 0.771. The van der Waals surface area contributed by atoms with Gasteiger partial charge in [0.25, 0.3) is 0 Å². The predicted octanol–water partition coefficient (Wildman–Crippen LogP) is 2.62. The molecule has 0 spiro atoms. The smallest absolute Gasteiger partial charge is 0.0251 e. The third kappa shape index (κ3) is 2.73. The Morgan fingerprint density at radius 3 is 2.20 bits per heavy atom. The van der Waals surface area contributed by atoms with E-state index in [4.69, 9.17) is 5.73 Å². The van der Waals surface area contributed by atoms with Gasteiger partial charge in [0, 0.05) is 18.1 Å². The highest BCUT2D eigenvalue weighted by molar-refractivity contribution is 4.94. The van der Waals surface area contributed by atoms with Crippen molar-refractivity contribution in [2.24, 2.45) is 11.7 Å². The zero-order valence-corrected chi connectivity index (χ0v) is 10.9. The highest BCUT2D eigenvalue weighted by Gasteiger charge is 2.38. The van der Waals surface area contributed by atoms with E-state index in [1.165, 1.54) is 32.2 Å². The molecule has 0 aliphatic carbocycles. The number of likely N-dealkylation sites (tertiary alicyclic amines) is 1. The minimum atomic E-state index is 0.368. The summed E-state index contributed by atoms with van der Waals surface area (Å²) in [6.45, 7) is 11.4. The van der Waals surface area contributed by atoms with E-state index >= 15 is 0 Å². The van der Waals surface area contributed by atoms with Gasteiger partial charge >= 0.3 is 0 Å². The Balaban J connectivity index is 2.73. The summed E-state index contributed by atoms with van der Waals surface area (Å²) in [6.07, 6.45) is 5.17. The molecule has 1 aliphatic rings. The van der Waals surface area contributed by atoms with Gasteiger partial charge in [-0.3, -0.25) is 4.90 Å². The van der Waals surface area contributed by atoms with Gasteiger partial charge in [-0.2, -0.15) is 0 Å². The lowest BCUT2D eigenvalue weighted by atomic mass is 9.90. The molecule has 2 heteroatoms. The Morgan fingerprint density at radius 1 is 1.27 bits per heavy atom. The molecule has 15 heavy (non-hydrogen) atoms. The van der Waals surface area contributed by atoms with Crippen molar-refractivity contribution < 1.29 is 0 Å². The lowest BCUT2D eigenvalue weighted by Crippen LogP contribution is -2.52. The van der Waals surface area contributed by atoms with Crippen molar-refractivity contribution in [2.45, 2.75) is 65.0 Å². The van der Waals surface area contributed by atoms with Crippen molar-refractivity contribution in [1.29, 1.82) is 0 Å². The molecule has 90 valence electrons. The molecule has 1 saturated heterocycles. The SMILES string of the molecule is CCC(CC)C(CN)N1CCCC1(C)C. The molecule has 0 amide bonds. The van der Waals surface area contributed by atoms with Crippen LogP contribution in [-0.2, 0) is 0 Å². The van der Waals surface area contributed by atoms with Gasteiger partial charge < -0.3 is 5.73 Å². The van der Waals surface area contributed by atoms with Crippen molar-refractivity contribution in [3.63, 3.8) is 0 Å². The van der Waals surface area contributed by atoms with Gasteiger partial charge in [-0.1, -0.05) is 26.7 Å². The molecule has 2 nitrogen and oxygen atoms in total. The fourth-order valence-corrected chi connectivity index (χ4v) is 3.15. The molecule has 0 aromatic heterocycles. The summed E-state index contributed by atoms with van der Waals surface area (Å²) >= 11 is 0. The molecule has 1 heterocycles. The van der Waals surface area contributed by atoms with Gasteiger partial charge in [-0.15, -0.1) is 0 Å². The summed E-state index contributed by atoms with van der Waals surface area (Å²) in [6, 6.07) is 0.595. The average Bonchev–Trinajstić information content (AvgIpc) is 2.54. The van der Waals surface area contributed by atoms with E-state index in [2.05, 4.69) is 32.6 Å². The molecular formula is C13H28N2. The van der Waals surface area contributed by atoms with Gasteiger partial charge in [0.1, 0.15) is 0 Å². The van der Waals surface area contributed by atoms with Crippen LogP contribution in [0.2, 0.25) is 0 Å². The van der Waals surface area contributed by atoms with Crippen molar-refractivity contribution in [3.05, 3.63) is 0 Å². The zero-order valence-electron chi connectivity index (χ0n) is 10.9. The van der Waals surface area contributed by atoms with E-state index in [1.807, 2.05) is 0 Å². The van der Waals surface area contributed by atoms with Crippen molar-refractivity contribution in [3.8, 4) is 0 Å². The lowest BCUT2D eigenvalue weighted by Gasteiger charge is -2.41. The third-order valence-corrected chi connectivity index (χ3v) is 4.20. The summed E-state index contributed by atoms with van der Waals surface area (Å²) < 4.78 is 0. The highest BCUT2D eigenvalue weighted by Crippen LogP contribution is 2.33. The number of hydrogen-bond donors (Lipinski definition) is 1. The molecule has 0 aromatic rings. The average molecular weight is 212 g/mol. The van der Waals surface area contributed by atoms with Crippen LogP contribution in [0.3, 0.4) is 0 Å². The van der Waals surface area contributed by atoms with E-state index in [0.717, 1.165) is 12.5 Å². The molecule has 1 fully saturated rings. The first-order valence-electron chi connectivity index (χ1n) is 6.53. The number of hydrogen-bond acceptors (Lipinski definition) is 2. The number of nitrogens with two attached hydrogens (primary N) is 1. The van der Waals surface area contributed by atoms with Crippen molar-refractivity contribution >= 4 is 0 Å². The standard InChI is InChI=1S/C13H28N2/c1-5-11(6-2)12(10-14)15-9-7-8-13(15,3)4/h11-12H,5-10,14H2,1-4H3. The van der Waals surface area contributed by atoms with Crippen LogP contribution >= 0.6 is 0 Å². The molecule has 1 unspecified atom stereocenters. The quantitative estimate of drug-likeness (QED) is 0.759. The van der Waals surface area contributed by atoms with Crippen molar-refractivity contribution in [1.82, 2.24) is 4.90 Å². The maximum absolute atomic E-state index is 5.98. The van der Waals surface area contributed by atoms with Gasteiger partial charge in [-0.25, -0.2) is 0 Å². The third-order valence-electron chi connectivity index (χ3n) is 4.20. The van der Waals surface area contributed by atoms with E-state index in [9.17, 15) is 0 Å². The first-order valence-corrected chi connectivity index (χ1v) is 6.53. The fourth-order valence-electron chi connectivity index (χ4n) is 3.15. The first kappa shape index (κ1) is 13.0. The summed E-state index contributed by atoms with van der Waals surface area (Å²) in [4.78, 5) is 2.66. The molecular weight excluding hydrogens is 184 g/mol. The Hall–Kier alpha value is -0.0800. The van der Waals surface area contributed by atoms with E-state index in [-0.39, 0.29) is 0 Å². The monoisotopic (exact) mass is 212 g/mol. The largest absolute Gasteiger partial charge is 0.329 e. The lowest BCUT2D eigenvalue weighted by molar-refractivity contribution is 0.0776. The van der Waals surface area contributed by atoms with Crippen molar-refractivity contribution in [2.75, 3.05) is 13.1 Å². The number of nitrogens with zero attached hydrogens (tertiary/aromatic N) is 1. The topological polar surface area (TPSA) is 29.3 Å². The van der Waals surface area contributed by atoms with E-state index in [1.54, 1.807) is 0 Å². The summed E-state index contributed by atoms with van der Waals surface area (Å²) in [5.41, 5.74) is 6.35. The molecule has 0 saturated carbocycles. The van der Waals surface area contributed by atoms with Crippen LogP contribution in [0.1, 0.15) is 53.4 Å². The van der Waals surface area contributed by atoms with Gasteiger partial charge in [0.2, 0.25) is 0 Å². The summed E-state index contributed by atoms with van der Waals surface area (Å²) in [7, 11) is 0.